The summed E-state index contributed by atoms with van der Waals surface area (Å²) in [5.41, 5.74) is 3.02. The third kappa shape index (κ3) is 3.05. The first-order valence-electron chi connectivity index (χ1n) is 7.28. The van der Waals surface area contributed by atoms with Gasteiger partial charge in [-0.1, -0.05) is 36.4 Å². The maximum Gasteiger partial charge on any atom is 0.249 e. The Hall–Kier alpha value is -2.36. The predicted molar refractivity (Wildman–Crippen MR) is 82.4 cm³/mol. The average Bonchev–Trinajstić information content (AvgIpc) is 3.19. The zero-order valence-electron chi connectivity index (χ0n) is 12.2. The first-order valence-corrected chi connectivity index (χ1v) is 7.28. The highest BCUT2D eigenvalue weighted by Gasteiger charge is 2.18. The van der Waals surface area contributed by atoms with Crippen molar-refractivity contribution in [3.63, 3.8) is 0 Å². The summed E-state index contributed by atoms with van der Waals surface area (Å²) in [5.74, 6) is 0.925. The number of allylic oxidation sites excluding steroid dienone is 1. The van der Waals surface area contributed by atoms with E-state index in [9.17, 15) is 4.79 Å². The van der Waals surface area contributed by atoms with Crippen LogP contribution in [0.1, 0.15) is 25.1 Å². The molecule has 0 unspecified atom stereocenters. The molecular weight excluding hydrogens is 262 g/mol. The van der Waals surface area contributed by atoms with Gasteiger partial charge in [-0.25, -0.2) is 4.98 Å². The molecule has 0 bridgehead atoms. The molecule has 21 heavy (non-hydrogen) atoms. The van der Waals surface area contributed by atoms with Crippen molar-refractivity contribution in [2.24, 2.45) is 0 Å². The third-order valence-corrected chi connectivity index (χ3v) is 3.76. The minimum atomic E-state index is 0.116. The number of nitrogens with zero attached hydrogens (tertiary/aromatic N) is 2. The van der Waals surface area contributed by atoms with E-state index in [4.69, 9.17) is 0 Å². The van der Waals surface area contributed by atoms with Gasteiger partial charge in [0, 0.05) is 12.6 Å². The second-order valence-electron chi connectivity index (χ2n) is 5.39. The van der Waals surface area contributed by atoms with Crippen LogP contribution in [-0.2, 0) is 11.3 Å². The summed E-state index contributed by atoms with van der Waals surface area (Å²) in [5, 5.41) is 0. The number of nitrogens with one attached hydrogen (secondary N) is 1. The van der Waals surface area contributed by atoms with Crippen molar-refractivity contribution >= 4 is 5.91 Å². The zero-order chi connectivity index (χ0) is 14.7. The maximum absolute atomic E-state index is 12.2. The van der Waals surface area contributed by atoms with Crippen molar-refractivity contribution in [1.82, 2.24) is 14.9 Å². The highest BCUT2D eigenvalue weighted by Crippen LogP contribution is 2.20. The molecule has 1 heterocycles. The summed E-state index contributed by atoms with van der Waals surface area (Å²) in [7, 11) is 1.83. The first kappa shape index (κ1) is 13.6. The van der Waals surface area contributed by atoms with Crippen LogP contribution in [0.5, 0.6) is 0 Å². The average molecular weight is 281 g/mol. The molecule has 4 heteroatoms. The monoisotopic (exact) mass is 281 g/mol. The molecule has 1 aliphatic carbocycles. The molecule has 0 spiro atoms. The number of H-pyrrole nitrogens is 1. The molecule has 1 amide bonds. The largest absolute Gasteiger partial charge is 0.341 e. The maximum atomic E-state index is 12.2. The van der Waals surface area contributed by atoms with Crippen molar-refractivity contribution in [2.45, 2.75) is 25.8 Å². The summed E-state index contributed by atoms with van der Waals surface area (Å²) >= 11 is 0. The fourth-order valence-electron chi connectivity index (χ4n) is 2.61. The molecule has 0 saturated carbocycles. The Balaban J connectivity index is 1.68. The van der Waals surface area contributed by atoms with E-state index in [1.165, 1.54) is 0 Å². The lowest BCUT2D eigenvalue weighted by Crippen LogP contribution is -2.27. The summed E-state index contributed by atoms with van der Waals surface area (Å²) in [6.07, 6.45) is 6.88. The number of carbonyl (C=O) groups is 1. The number of imidazole rings is 1. The van der Waals surface area contributed by atoms with Gasteiger partial charge in [0.05, 0.1) is 18.4 Å². The minimum Gasteiger partial charge on any atom is -0.341 e. The number of hydrogen-bond donors (Lipinski definition) is 1. The molecule has 0 atom stereocenters. The van der Waals surface area contributed by atoms with Gasteiger partial charge in [0.15, 0.2) is 0 Å². The van der Waals surface area contributed by atoms with Crippen molar-refractivity contribution in [1.29, 1.82) is 0 Å². The molecule has 1 aliphatic rings. The summed E-state index contributed by atoms with van der Waals surface area (Å²) in [6, 6.07) is 10.1. The lowest BCUT2D eigenvalue weighted by molar-refractivity contribution is -0.126. The lowest BCUT2D eigenvalue weighted by atomic mass is 10.2. The van der Waals surface area contributed by atoms with Gasteiger partial charge in [0.1, 0.15) is 5.82 Å². The fourth-order valence-corrected chi connectivity index (χ4v) is 2.61. The number of hydrogen-bond acceptors (Lipinski definition) is 2. The SMILES string of the molecule is CN(Cc1ncc(-c2ccccc2)[nH]1)C(=O)C1=CCCC1. The van der Waals surface area contributed by atoms with Crippen LogP contribution in [0.2, 0.25) is 0 Å². The topological polar surface area (TPSA) is 49.0 Å². The molecule has 1 N–H and O–H groups in total. The molecule has 2 aromatic rings. The number of carbonyl (C=O) groups excluding carboxylic acids is 1. The summed E-state index contributed by atoms with van der Waals surface area (Å²) in [6.45, 7) is 0.503. The van der Waals surface area contributed by atoms with E-state index in [1.807, 2.05) is 43.6 Å². The fraction of sp³-hybridized carbons (Fsp3) is 0.294. The summed E-state index contributed by atoms with van der Waals surface area (Å²) in [4.78, 5) is 21.6. The second kappa shape index (κ2) is 5.95. The van der Waals surface area contributed by atoms with Crippen LogP contribution in [0.4, 0.5) is 0 Å². The minimum absolute atomic E-state index is 0.116. The quantitative estimate of drug-likeness (QED) is 0.936. The second-order valence-corrected chi connectivity index (χ2v) is 5.39. The molecule has 0 fully saturated rings. The van der Waals surface area contributed by atoms with Crippen LogP contribution in [0.15, 0.2) is 48.2 Å². The third-order valence-electron chi connectivity index (χ3n) is 3.76. The van der Waals surface area contributed by atoms with Gasteiger partial charge in [-0.15, -0.1) is 0 Å². The van der Waals surface area contributed by atoms with Gasteiger partial charge < -0.3 is 9.88 Å². The van der Waals surface area contributed by atoms with Crippen LogP contribution in [0, 0.1) is 0 Å². The molecule has 1 aromatic carbocycles. The van der Waals surface area contributed by atoms with E-state index in [0.29, 0.717) is 6.54 Å². The van der Waals surface area contributed by atoms with Gasteiger partial charge in [-0.05, 0) is 24.8 Å². The Labute approximate surface area is 124 Å². The lowest BCUT2D eigenvalue weighted by Gasteiger charge is -2.16. The highest BCUT2D eigenvalue weighted by atomic mass is 16.2. The van der Waals surface area contributed by atoms with Gasteiger partial charge in [-0.3, -0.25) is 4.79 Å². The van der Waals surface area contributed by atoms with Gasteiger partial charge in [-0.2, -0.15) is 0 Å². The number of aromatic nitrogens is 2. The van der Waals surface area contributed by atoms with Crippen LogP contribution in [0.3, 0.4) is 0 Å². The zero-order valence-corrected chi connectivity index (χ0v) is 12.2. The van der Waals surface area contributed by atoms with Crippen LogP contribution >= 0.6 is 0 Å². The molecule has 4 nitrogen and oxygen atoms in total. The number of aromatic amines is 1. The number of benzene rings is 1. The first-order chi connectivity index (χ1) is 10.2. The van der Waals surface area contributed by atoms with Crippen molar-refractivity contribution in [3.05, 3.63) is 54.0 Å². The van der Waals surface area contributed by atoms with E-state index >= 15 is 0 Å². The highest BCUT2D eigenvalue weighted by molar-refractivity contribution is 5.93. The number of amides is 1. The van der Waals surface area contributed by atoms with E-state index in [0.717, 1.165) is 41.9 Å². The Morgan fingerprint density at radius 1 is 1.33 bits per heavy atom. The Kier molecular flexibility index (Phi) is 3.86. The molecule has 108 valence electrons. The van der Waals surface area contributed by atoms with Crippen LogP contribution < -0.4 is 0 Å². The van der Waals surface area contributed by atoms with E-state index in [1.54, 1.807) is 4.90 Å². The Morgan fingerprint density at radius 3 is 2.86 bits per heavy atom. The normalized spacial score (nSPS) is 14.0. The number of rotatable bonds is 4. The predicted octanol–water partition coefficient (Wildman–Crippen LogP) is 3.15. The molecule has 0 radical (unpaired) electrons. The van der Waals surface area contributed by atoms with E-state index < -0.39 is 0 Å². The van der Waals surface area contributed by atoms with Gasteiger partial charge in [0.2, 0.25) is 5.91 Å². The van der Waals surface area contributed by atoms with E-state index in [-0.39, 0.29) is 5.91 Å². The molecule has 0 aliphatic heterocycles. The van der Waals surface area contributed by atoms with E-state index in [2.05, 4.69) is 16.0 Å². The Bertz CT molecular complexity index is 658. The van der Waals surface area contributed by atoms with Crippen molar-refractivity contribution < 1.29 is 4.79 Å². The molecule has 1 aromatic heterocycles. The Morgan fingerprint density at radius 2 is 2.14 bits per heavy atom. The summed E-state index contributed by atoms with van der Waals surface area (Å²) < 4.78 is 0. The van der Waals surface area contributed by atoms with Gasteiger partial charge >= 0.3 is 0 Å². The molecule has 3 rings (SSSR count). The van der Waals surface area contributed by atoms with Gasteiger partial charge in [0.25, 0.3) is 0 Å². The number of likely N-dealkylation sites (N-methyl/N-ethyl adjacent to an activating group) is 1. The smallest absolute Gasteiger partial charge is 0.249 e. The molecular formula is C17H19N3O. The van der Waals surface area contributed by atoms with Crippen LogP contribution in [-0.4, -0.2) is 27.8 Å². The van der Waals surface area contributed by atoms with Crippen LogP contribution in [0.25, 0.3) is 11.3 Å². The van der Waals surface area contributed by atoms with Crippen molar-refractivity contribution in [2.75, 3.05) is 7.05 Å². The molecule has 0 saturated heterocycles. The standard InChI is InChI=1S/C17H19N3O/c1-20(17(21)14-9-5-6-10-14)12-16-18-11-15(19-16)13-7-3-2-4-8-13/h2-4,7-9,11H,5-6,10,12H2,1H3,(H,18,19). The van der Waals surface area contributed by atoms with Crippen molar-refractivity contribution in [3.8, 4) is 11.3 Å².